The van der Waals surface area contributed by atoms with Crippen LogP contribution < -0.4 is 9.47 Å². The van der Waals surface area contributed by atoms with Gasteiger partial charge in [0.1, 0.15) is 66.1 Å². The number of aliphatic hydroxyl groups excluding tert-OH is 7. The third kappa shape index (κ3) is 6.96. The number of allylic oxidation sites excluding steroid dienone is 1. The number of ketones is 1. The van der Waals surface area contributed by atoms with Crippen LogP contribution in [0.15, 0.2) is 29.8 Å². The van der Waals surface area contributed by atoms with Crippen LogP contribution >= 0.6 is 0 Å². The number of aliphatic hydroxyl groups is 7. The van der Waals surface area contributed by atoms with Gasteiger partial charge in [-0.1, -0.05) is 25.5 Å². The van der Waals surface area contributed by atoms with Gasteiger partial charge in [-0.2, -0.15) is 0 Å². The second kappa shape index (κ2) is 15.9. The smallest absolute Gasteiger partial charge is 0.187 e. The Hall–Kier alpha value is -2.21. The van der Waals surface area contributed by atoms with Gasteiger partial charge in [0.05, 0.1) is 33.5 Å². The van der Waals surface area contributed by atoms with Crippen LogP contribution in [-0.4, -0.2) is 136 Å². The maximum atomic E-state index is 13.5. The van der Waals surface area contributed by atoms with Crippen molar-refractivity contribution in [3.05, 3.63) is 35.4 Å². The molecule has 0 radical (unpaired) electrons. The summed E-state index contributed by atoms with van der Waals surface area (Å²) >= 11 is 0. The molecule has 2 heterocycles. The van der Waals surface area contributed by atoms with Gasteiger partial charge in [-0.3, -0.25) is 4.79 Å². The number of fused-ring (bicyclic) bond motifs is 5. The maximum absolute atomic E-state index is 13.5. The first-order valence-corrected chi connectivity index (χ1v) is 19.9. The van der Waals surface area contributed by atoms with Gasteiger partial charge in [-0.15, -0.1) is 0 Å². The molecule has 2 aliphatic heterocycles. The van der Waals surface area contributed by atoms with E-state index in [0.29, 0.717) is 30.6 Å². The van der Waals surface area contributed by atoms with Crippen LogP contribution in [0.1, 0.15) is 77.2 Å². The Morgan fingerprint density at radius 3 is 2.20 bits per heavy atom. The van der Waals surface area contributed by atoms with Crippen molar-refractivity contribution in [3.8, 4) is 11.5 Å². The summed E-state index contributed by atoms with van der Waals surface area (Å²) in [5, 5.41) is 72.9. The summed E-state index contributed by atoms with van der Waals surface area (Å²) in [5.41, 5.74) is 2.15. The summed E-state index contributed by atoms with van der Waals surface area (Å²) in [5.74, 6) is 2.87. The molecule has 14 heteroatoms. The van der Waals surface area contributed by atoms with Crippen molar-refractivity contribution < 1.29 is 69.0 Å². The van der Waals surface area contributed by atoms with E-state index in [1.807, 2.05) is 18.2 Å². The fraction of sp³-hybridized carbons (Fsp3) is 0.780. The van der Waals surface area contributed by atoms with E-state index in [9.17, 15) is 40.5 Å². The summed E-state index contributed by atoms with van der Waals surface area (Å²) in [4.78, 5) is 13.5. The average Bonchev–Trinajstić information content (AvgIpc) is 3.50. The number of methoxy groups -OCH3 is 2. The van der Waals surface area contributed by atoms with Crippen molar-refractivity contribution in [1.29, 1.82) is 0 Å². The molecule has 3 saturated carbocycles. The Morgan fingerprint density at radius 2 is 1.53 bits per heavy atom. The lowest BCUT2D eigenvalue weighted by atomic mass is 9.47. The molecule has 1 aromatic carbocycles. The highest BCUT2D eigenvalue weighted by Crippen LogP contribution is 2.69. The van der Waals surface area contributed by atoms with Gasteiger partial charge >= 0.3 is 0 Å². The molecule has 18 atom stereocenters. The molecule has 1 aromatic rings. The third-order valence-corrected chi connectivity index (χ3v) is 14.7. The van der Waals surface area contributed by atoms with Crippen molar-refractivity contribution in [1.82, 2.24) is 0 Å². The van der Waals surface area contributed by atoms with Gasteiger partial charge in [-0.05, 0) is 105 Å². The minimum atomic E-state index is -1.74. The zero-order valence-electron chi connectivity index (χ0n) is 32.4. The van der Waals surface area contributed by atoms with Crippen LogP contribution in [0, 0.1) is 34.5 Å². The predicted molar refractivity (Wildman–Crippen MR) is 195 cm³/mol. The lowest BCUT2D eigenvalue weighted by molar-refractivity contribution is -0.363. The minimum absolute atomic E-state index is 0.0286. The second-order valence-electron chi connectivity index (χ2n) is 17.3. The van der Waals surface area contributed by atoms with Crippen LogP contribution in [0.5, 0.6) is 11.5 Å². The topological polar surface area (TPSA) is 214 Å². The molecule has 14 nitrogen and oxygen atoms in total. The molecule has 4 aliphatic carbocycles. The first kappa shape index (κ1) is 41.0. The average molecular weight is 777 g/mol. The lowest BCUT2D eigenvalue weighted by Gasteiger charge is -2.58. The molecule has 55 heavy (non-hydrogen) atoms. The number of benzene rings is 1. The number of carbonyl (C=O) groups is 1. The van der Waals surface area contributed by atoms with E-state index < -0.39 is 74.6 Å². The maximum Gasteiger partial charge on any atom is 0.187 e. The van der Waals surface area contributed by atoms with Gasteiger partial charge in [-0.25, -0.2) is 0 Å². The highest BCUT2D eigenvalue weighted by molar-refractivity contribution is 5.81. The molecule has 0 bridgehead atoms. The molecule has 2 saturated heterocycles. The van der Waals surface area contributed by atoms with Gasteiger partial charge < -0.3 is 64.2 Å². The highest BCUT2D eigenvalue weighted by atomic mass is 16.7. The minimum Gasteiger partial charge on any atom is -0.497 e. The van der Waals surface area contributed by atoms with E-state index in [4.69, 9.17) is 28.4 Å². The summed E-state index contributed by atoms with van der Waals surface area (Å²) in [6.45, 7) is 5.15. The van der Waals surface area contributed by atoms with Crippen molar-refractivity contribution in [3.63, 3.8) is 0 Å². The Labute approximate surface area is 322 Å². The fourth-order valence-corrected chi connectivity index (χ4v) is 11.8. The zero-order chi connectivity index (χ0) is 39.6. The summed E-state index contributed by atoms with van der Waals surface area (Å²) in [6, 6.07) is 5.88. The highest BCUT2D eigenvalue weighted by Gasteiger charge is 2.63. The first-order valence-electron chi connectivity index (χ1n) is 19.9. The summed E-state index contributed by atoms with van der Waals surface area (Å²) < 4.78 is 34.9. The number of rotatable bonds is 10. The Morgan fingerprint density at radius 1 is 0.836 bits per heavy atom. The molecule has 7 rings (SSSR count). The molecule has 0 spiro atoms. The molecule has 0 amide bonds. The van der Waals surface area contributed by atoms with Crippen molar-refractivity contribution in [2.45, 2.75) is 139 Å². The predicted octanol–water partition coefficient (Wildman–Crippen LogP) is 1.57. The van der Waals surface area contributed by atoms with Crippen molar-refractivity contribution >= 4 is 5.78 Å². The van der Waals surface area contributed by atoms with E-state index in [-0.39, 0.29) is 34.6 Å². The van der Waals surface area contributed by atoms with Gasteiger partial charge in [0.2, 0.25) is 0 Å². The van der Waals surface area contributed by atoms with Crippen LogP contribution in [-0.2, 0) is 23.7 Å². The molecule has 308 valence electrons. The molecular formula is C41H60O14. The van der Waals surface area contributed by atoms with E-state index in [0.717, 1.165) is 49.2 Å². The van der Waals surface area contributed by atoms with E-state index in [1.165, 1.54) is 5.57 Å². The van der Waals surface area contributed by atoms with Gasteiger partial charge in [0, 0.05) is 11.5 Å². The first-order chi connectivity index (χ1) is 26.2. The monoisotopic (exact) mass is 776 g/mol. The third-order valence-electron chi connectivity index (χ3n) is 14.7. The largest absolute Gasteiger partial charge is 0.497 e. The Bertz CT molecular complexity index is 1570. The molecular weight excluding hydrogens is 716 g/mol. The lowest BCUT2D eigenvalue weighted by Crippen LogP contribution is -2.65. The zero-order valence-corrected chi connectivity index (χ0v) is 32.4. The normalized spacial score (nSPS) is 46.9. The van der Waals surface area contributed by atoms with E-state index >= 15 is 0 Å². The number of Topliss-reactive ketones (excluding diaryl/α,β-unsaturated/α-hetero) is 1. The number of hydrogen-bond acceptors (Lipinski definition) is 14. The van der Waals surface area contributed by atoms with E-state index in [1.54, 1.807) is 21.1 Å². The molecule has 6 aliphatic rings. The van der Waals surface area contributed by atoms with Crippen LogP contribution in [0.3, 0.4) is 0 Å². The SMILES string of the molecule is COc1ccc(OC)c(C2CC3C4CC=C5CC(OC6O[C@H](CO)[C@@H](O[C@@H]7O[C@H](CO)C(O)[C@H](O)[C@H]7O)[C@H](O)[C@H]6O)CCC5(C)C4CCC3(C)C2C(C)=O)c1. The fourth-order valence-electron chi connectivity index (χ4n) is 11.8. The molecule has 5 fully saturated rings. The number of carbonyl (C=O) groups excluding carboxylic acids is 1. The second-order valence-corrected chi connectivity index (χ2v) is 17.3. The quantitative estimate of drug-likeness (QED) is 0.168. The van der Waals surface area contributed by atoms with Crippen LogP contribution in [0.25, 0.3) is 0 Å². The van der Waals surface area contributed by atoms with Crippen LogP contribution in [0.4, 0.5) is 0 Å². The molecule has 0 aromatic heterocycles. The summed E-state index contributed by atoms with van der Waals surface area (Å²) in [6.07, 6.45) is -6.96. The van der Waals surface area contributed by atoms with Crippen molar-refractivity contribution in [2.24, 2.45) is 34.5 Å². The van der Waals surface area contributed by atoms with Gasteiger partial charge in [0.15, 0.2) is 12.6 Å². The molecule has 7 N–H and O–H groups in total. The van der Waals surface area contributed by atoms with Gasteiger partial charge in [0.25, 0.3) is 0 Å². The number of ether oxygens (including phenoxy) is 6. The number of hydrogen-bond donors (Lipinski definition) is 7. The van der Waals surface area contributed by atoms with E-state index in [2.05, 4.69) is 19.9 Å². The Balaban J connectivity index is 1.04. The van der Waals surface area contributed by atoms with Crippen molar-refractivity contribution in [2.75, 3.05) is 27.4 Å². The molecule has 10 unspecified atom stereocenters. The standard InChI is InChI=1S/C41H60O14/c1-19(44)31-25(24-15-21(50-4)7-9-28(24)51-5)16-27-23-8-6-20-14-22(10-12-40(20,2)26(23)11-13-41(27,31)3)52-38-36(49)34(47)37(30(18-43)54-38)55-39-35(48)33(46)32(45)29(17-42)53-39/h6-7,9,15,22-23,25-27,29-39,42-43,45-49H,8,10-14,16-18H2,1-5H3/t22?,23?,25?,26?,27?,29-,30-,31?,32?,33+,34-,35-,36-,37-,38?,39+,40?,41?/m1/s1. The van der Waals surface area contributed by atoms with Crippen LogP contribution in [0.2, 0.25) is 0 Å². The summed E-state index contributed by atoms with van der Waals surface area (Å²) in [7, 11) is 3.33. The Kier molecular flexibility index (Phi) is 11.8.